The van der Waals surface area contributed by atoms with Gasteiger partial charge in [0, 0.05) is 12.3 Å². The van der Waals surface area contributed by atoms with Gasteiger partial charge in [-0.2, -0.15) is 0 Å². The molecule has 0 saturated heterocycles. The molecule has 0 bridgehead atoms. The Hall–Kier alpha value is -3.45. The first-order chi connectivity index (χ1) is 16.3. The van der Waals surface area contributed by atoms with Gasteiger partial charge in [0.25, 0.3) is 0 Å². The molecule has 170 valence electrons. The van der Waals surface area contributed by atoms with Gasteiger partial charge in [0.1, 0.15) is 5.75 Å². The molecule has 0 aliphatic heterocycles. The van der Waals surface area contributed by atoms with Crippen molar-refractivity contribution in [2.45, 2.75) is 18.1 Å². The number of benzene rings is 3. The largest absolute Gasteiger partial charge is 0.496 e. The van der Waals surface area contributed by atoms with E-state index in [1.807, 2.05) is 54.6 Å². The molecule has 0 amide bonds. The summed E-state index contributed by atoms with van der Waals surface area (Å²) < 4.78 is 19.0. The maximum atomic E-state index is 5.92. The lowest BCUT2D eigenvalue weighted by Crippen LogP contribution is -2.07. The van der Waals surface area contributed by atoms with Crippen LogP contribution in [0.1, 0.15) is 5.56 Å². The molecule has 0 N–H and O–H groups in total. The van der Waals surface area contributed by atoms with E-state index in [0.717, 1.165) is 52.5 Å². The highest BCUT2D eigenvalue weighted by Crippen LogP contribution is 2.31. The minimum Gasteiger partial charge on any atom is -0.496 e. The second-order valence-electron chi connectivity index (χ2n) is 7.24. The zero-order chi connectivity index (χ0) is 22.9. The molecule has 0 spiro atoms. The fourth-order valence-electron chi connectivity index (χ4n) is 3.53. The summed E-state index contributed by atoms with van der Waals surface area (Å²) in [4.78, 5) is 0. The molecule has 0 saturated carbocycles. The van der Waals surface area contributed by atoms with E-state index in [2.05, 4.69) is 39.0 Å². The monoisotopic (exact) mass is 461 g/mol. The van der Waals surface area contributed by atoms with E-state index in [4.69, 9.17) is 14.2 Å². The van der Waals surface area contributed by atoms with Gasteiger partial charge in [-0.05, 0) is 36.2 Å². The zero-order valence-corrected chi connectivity index (χ0v) is 19.6. The van der Waals surface area contributed by atoms with E-state index >= 15 is 0 Å². The van der Waals surface area contributed by atoms with Gasteiger partial charge in [-0.15, -0.1) is 10.2 Å². The summed E-state index contributed by atoms with van der Waals surface area (Å²) in [5.41, 5.74) is 2.20. The Labute approximate surface area is 198 Å². The Kier molecular flexibility index (Phi) is 7.87. The Bertz CT molecular complexity index is 1160. The molecular weight excluding hydrogens is 434 g/mol. The molecule has 3 aromatic carbocycles. The van der Waals surface area contributed by atoms with Crippen molar-refractivity contribution in [3.8, 4) is 28.6 Å². The fraction of sp³-hybridized carbons (Fsp3) is 0.231. The quantitative estimate of drug-likeness (QED) is 0.221. The highest BCUT2D eigenvalue weighted by molar-refractivity contribution is 7.99. The van der Waals surface area contributed by atoms with Crippen LogP contribution in [0.15, 0.2) is 84.0 Å². The van der Waals surface area contributed by atoms with Crippen molar-refractivity contribution in [1.82, 2.24) is 14.8 Å². The molecule has 0 fully saturated rings. The van der Waals surface area contributed by atoms with Crippen LogP contribution >= 0.6 is 11.8 Å². The van der Waals surface area contributed by atoms with Crippen LogP contribution in [0.5, 0.6) is 17.2 Å². The predicted octanol–water partition coefficient (Wildman–Crippen LogP) is 5.38. The molecule has 4 rings (SSSR count). The number of para-hydroxylation sites is 3. The Morgan fingerprint density at radius 2 is 1.42 bits per heavy atom. The van der Waals surface area contributed by atoms with E-state index in [9.17, 15) is 0 Å². The third-order valence-corrected chi connectivity index (χ3v) is 6.10. The molecular formula is C26H27N3O3S. The first-order valence-electron chi connectivity index (χ1n) is 10.8. The predicted molar refractivity (Wildman–Crippen MR) is 131 cm³/mol. The van der Waals surface area contributed by atoms with E-state index in [1.165, 1.54) is 5.56 Å². The van der Waals surface area contributed by atoms with Crippen molar-refractivity contribution in [2.75, 3.05) is 26.6 Å². The van der Waals surface area contributed by atoms with Crippen LogP contribution in [0.2, 0.25) is 0 Å². The number of hydrogen-bond donors (Lipinski definition) is 0. The van der Waals surface area contributed by atoms with Crippen molar-refractivity contribution in [2.24, 2.45) is 0 Å². The minimum atomic E-state index is 0.528. The number of ether oxygens (including phenoxy) is 3. The highest BCUT2D eigenvalue weighted by Gasteiger charge is 2.17. The molecule has 0 atom stereocenters. The van der Waals surface area contributed by atoms with Crippen LogP contribution in [0, 0.1) is 0 Å². The standard InChI is InChI=1S/C26H27N3O3S/c1-30-22-13-7-6-12-21(22)25-27-28-26(29(25)17-16-20-10-4-3-5-11-20)33-19-18-32-24-15-9-8-14-23(24)31-2/h3-15H,16-19H2,1-2H3. The minimum absolute atomic E-state index is 0.528. The van der Waals surface area contributed by atoms with E-state index in [-0.39, 0.29) is 0 Å². The van der Waals surface area contributed by atoms with Crippen LogP contribution in [-0.2, 0) is 13.0 Å². The molecule has 1 aromatic heterocycles. The van der Waals surface area contributed by atoms with Gasteiger partial charge >= 0.3 is 0 Å². The number of hydrogen-bond acceptors (Lipinski definition) is 6. The average molecular weight is 462 g/mol. The Morgan fingerprint density at radius 3 is 2.18 bits per heavy atom. The second-order valence-corrected chi connectivity index (χ2v) is 8.30. The van der Waals surface area contributed by atoms with Crippen LogP contribution < -0.4 is 14.2 Å². The van der Waals surface area contributed by atoms with Gasteiger partial charge in [-0.1, -0.05) is 66.4 Å². The highest BCUT2D eigenvalue weighted by atomic mass is 32.2. The summed E-state index contributed by atoms with van der Waals surface area (Å²) in [6, 6.07) is 26.0. The number of aromatic nitrogens is 3. The molecule has 7 heteroatoms. The maximum Gasteiger partial charge on any atom is 0.191 e. The molecule has 0 aliphatic carbocycles. The van der Waals surface area contributed by atoms with Gasteiger partial charge < -0.3 is 18.8 Å². The SMILES string of the molecule is COc1ccccc1OCCSc1nnc(-c2ccccc2OC)n1CCc1ccccc1. The van der Waals surface area contributed by atoms with Gasteiger partial charge in [-0.3, -0.25) is 0 Å². The molecule has 0 radical (unpaired) electrons. The summed E-state index contributed by atoms with van der Waals surface area (Å²) in [7, 11) is 3.32. The van der Waals surface area contributed by atoms with Gasteiger partial charge in [-0.25, -0.2) is 0 Å². The van der Waals surface area contributed by atoms with Crippen LogP contribution in [-0.4, -0.2) is 41.3 Å². The third-order valence-electron chi connectivity index (χ3n) is 5.17. The lowest BCUT2D eigenvalue weighted by atomic mass is 10.1. The number of nitrogens with zero attached hydrogens (tertiary/aromatic N) is 3. The number of aryl methyl sites for hydroxylation is 1. The van der Waals surface area contributed by atoms with Crippen molar-refractivity contribution in [3.63, 3.8) is 0 Å². The Balaban J connectivity index is 1.51. The normalized spacial score (nSPS) is 10.7. The molecule has 6 nitrogen and oxygen atoms in total. The number of rotatable bonds is 11. The van der Waals surface area contributed by atoms with Crippen molar-refractivity contribution in [3.05, 3.63) is 84.4 Å². The van der Waals surface area contributed by atoms with Gasteiger partial charge in [0.05, 0.1) is 26.4 Å². The molecule has 33 heavy (non-hydrogen) atoms. The van der Waals surface area contributed by atoms with E-state index in [1.54, 1.807) is 26.0 Å². The van der Waals surface area contributed by atoms with E-state index < -0.39 is 0 Å². The fourth-order valence-corrected chi connectivity index (χ4v) is 4.32. The third kappa shape index (κ3) is 5.68. The van der Waals surface area contributed by atoms with Crippen LogP contribution in [0.25, 0.3) is 11.4 Å². The summed E-state index contributed by atoms with van der Waals surface area (Å²) in [6.07, 6.45) is 0.881. The average Bonchev–Trinajstić information content (AvgIpc) is 3.28. The molecule has 1 heterocycles. The topological polar surface area (TPSA) is 58.4 Å². The summed E-state index contributed by atoms with van der Waals surface area (Å²) in [5.74, 6) is 3.78. The number of methoxy groups -OCH3 is 2. The van der Waals surface area contributed by atoms with Gasteiger partial charge in [0.2, 0.25) is 0 Å². The van der Waals surface area contributed by atoms with Crippen molar-refractivity contribution < 1.29 is 14.2 Å². The molecule has 0 aliphatic rings. The summed E-state index contributed by atoms with van der Waals surface area (Å²) in [5, 5.41) is 9.88. The van der Waals surface area contributed by atoms with Crippen LogP contribution in [0.4, 0.5) is 0 Å². The zero-order valence-electron chi connectivity index (χ0n) is 18.8. The molecule has 4 aromatic rings. The van der Waals surface area contributed by atoms with Crippen molar-refractivity contribution >= 4 is 11.8 Å². The van der Waals surface area contributed by atoms with Crippen molar-refractivity contribution in [1.29, 1.82) is 0 Å². The molecule has 0 unspecified atom stereocenters. The van der Waals surface area contributed by atoms with E-state index in [0.29, 0.717) is 6.61 Å². The van der Waals surface area contributed by atoms with Crippen LogP contribution in [0.3, 0.4) is 0 Å². The van der Waals surface area contributed by atoms with Gasteiger partial charge in [0.15, 0.2) is 22.5 Å². The summed E-state index contributed by atoms with van der Waals surface area (Å²) >= 11 is 1.63. The first kappa shape index (κ1) is 22.7. The Morgan fingerprint density at radius 1 is 0.758 bits per heavy atom. The first-order valence-corrected chi connectivity index (χ1v) is 11.8. The lowest BCUT2D eigenvalue weighted by molar-refractivity contribution is 0.313. The lowest BCUT2D eigenvalue weighted by Gasteiger charge is -2.13. The summed E-state index contributed by atoms with van der Waals surface area (Å²) in [6.45, 7) is 1.29. The smallest absolute Gasteiger partial charge is 0.191 e. The number of thioether (sulfide) groups is 1. The maximum absolute atomic E-state index is 5.92. The second kappa shape index (κ2) is 11.4.